The maximum atomic E-state index is 14.0. The van der Waals surface area contributed by atoms with Crippen LogP contribution in [0, 0.1) is 5.82 Å². The van der Waals surface area contributed by atoms with E-state index < -0.39 is 11.9 Å². The van der Waals surface area contributed by atoms with Crippen LogP contribution in [0.4, 0.5) is 10.1 Å². The second-order valence-electron chi connectivity index (χ2n) is 5.58. The Morgan fingerprint density at radius 2 is 1.91 bits per heavy atom. The zero-order valence-electron chi connectivity index (χ0n) is 13.3. The predicted molar refractivity (Wildman–Crippen MR) is 88.8 cm³/mol. The Balaban J connectivity index is 1.97. The third-order valence-corrected chi connectivity index (χ3v) is 3.22. The number of carbonyl (C=O) groups excluding carboxylic acids is 1. The van der Waals surface area contributed by atoms with E-state index >= 15 is 0 Å². The summed E-state index contributed by atoms with van der Waals surface area (Å²) in [5, 5.41) is 2.54. The highest BCUT2D eigenvalue weighted by Gasteiger charge is 2.14. The van der Waals surface area contributed by atoms with Gasteiger partial charge in [0.25, 0.3) is 0 Å². The Morgan fingerprint density at radius 3 is 2.52 bits per heavy atom. The molecule has 2 aromatic carbocycles. The number of rotatable bonds is 6. The number of hydrogen-bond donors (Lipinski definition) is 2. The van der Waals surface area contributed by atoms with Crippen molar-refractivity contribution in [2.75, 3.05) is 5.32 Å². The first-order valence-corrected chi connectivity index (χ1v) is 7.52. The van der Waals surface area contributed by atoms with Crippen LogP contribution in [-0.2, 0) is 4.79 Å². The molecule has 0 saturated carbocycles. The van der Waals surface area contributed by atoms with Crippen LogP contribution in [-0.4, -0.2) is 12.0 Å². The van der Waals surface area contributed by atoms with Gasteiger partial charge in [-0.3, -0.25) is 4.79 Å². The largest absolute Gasteiger partial charge is 0.491 e. The van der Waals surface area contributed by atoms with Crippen molar-refractivity contribution in [1.29, 1.82) is 0 Å². The molecule has 1 amide bonds. The minimum absolute atomic E-state index is 0.0429. The van der Waals surface area contributed by atoms with Gasteiger partial charge in [-0.05, 0) is 31.5 Å². The van der Waals surface area contributed by atoms with E-state index in [4.69, 9.17) is 10.5 Å². The minimum Gasteiger partial charge on any atom is -0.491 e. The lowest BCUT2D eigenvalue weighted by molar-refractivity contribution is -0.116. The second-order valence-corrected chi connectivity index (χ2v) is 5.58. The summed E-state index contributed by atoms with van der Waals surface area (Å²) < 4.78 is 19.4. The van der Waals surface area contributed by atoms with E-state index in [-0.39, 0.29) is 24.1 Å². The van der Waals surface area contributed by atoms with E-state index in [0.717, 1.165) is 5.56 Å². The molecule has 4 nitrogen and oxygen atoms in total. The van der Waals surface area contributed by atoms with Crippen molar-refractivity contribution >= 4 is 11.6 Å². The summed E-state index contributed by atoms with van der Waals surface area (Å²) in [6, 6.07) is 13.3. The smallest absolute Gasteiger partial charge is 0.226 e. The SMILES string of the molecule is CC(C)Oc1ccc(NC(=O)CC(N)c2ccccc2)c(F)c1. The van der Waals surface area contributed by atoms with Crippen molar-refractivity contribution in [2.45, 2.75) is 32.4 Å². The van der Waals surface area contributed by atoms with E-state index in [1.54, 1.807) is 6.07 Å². The Bertz CT molecular complexity index is 659. The van der Waals surface area contributed by atoms with Crippen molar-refractivity contribution in [3.63, 3.8) is 0 Å². The minimum atomic E-state index is -0.537. The van der Waals surface area contributed by atoms with Crippen LogP contribution in [0.25, 0.3) is 0 Å². The van der Waals surface area contributed by atoms with Gasteiger partial charge in [0.1, 0.15) is 11.6 Å². The van der Waals surface area contributed by atoms with Crippen molar-refractivity contribution in [2.24, 2.45) is 5.73 Å². The molecule has 0 spiro atoms. The molecular weight excluding hydrogens is 295 g/mol. The number of benzene rings is 2. The Morgan fingerprint density at radius 1 is 1.22 bits per heavy atom. The molecule has 1 atom stereocenters. The lowest BCUT2D eigenvalue weighted by Crippen LogP contribution is -2.21. The zero-order valence-corrected chi connectivity index (χ0v) is 13.3. The summed E-state index contributed by atoms with van der Waals surface area (Å²) in [5.41, 5.74) is 6.97. The van der Waals surface area contributed by atoms with Crippen LogP contribution < -0.4 is 15.8 Å². The monoisotopic (exact) mass is 316 g/mol. The third kappa shape index (κ3) is 5.07. The van der Waals surface area contributed by atoms with E-state index in [1.165, 1.54) is 12.1 Å². The first-order chi connectivity index (χ1) is 11.0. The average Bonchev–Trinajstić information content (AvgIpc) is 2.50. The normalized spacial score (nSPS) is 12.0. The molecule has 122 valence electrons. The molecule has 5 heteroatoms. The lowest BCUT2D eigenvalue weighted by atomic mass is 10.0. The van der Waals surface area contributed by atoms with E-state index in [9.17, 15) is 9.18 Å². The molecule has 3 N–H and O–H groups in total. The molecule has 0 heterocycles. The predicted octanol–water partition coefficient (Wildman–Crippen LogP) is 3.64. The second kappa shape index (κ2) is 7.74. The van der Waals surface area contributed by atoms with Crippen molar-refractivity contribution in [1.82, 2.24) is 0 Å². The van der Waals surface area contributed by atoms with Crippen molar-refractivity contribution < 1.29 is 13.9 Å². The van der Waals surface area contributed by atoms with E-state index in [1.807, 2.05) is 44.2 Å². The fourth-order valence-corrected chi connectivity index (χ4v) is 2.16. The highest BCUT2D eigenvalue weighted by molar-refractivity contribution is 5.91. The van der Waals surface area contributed by atoms with Crippen LogP contribution in [0.3, 0.4) is 0 Å². The number of ether oxygens (including phenoxy) is 1. The number of nitrogens with two attached hydrogens (primary N) is 1. The van der Waals surface area contributed by atoms with Gasteiger partial charge in [0.05, 0.1) is 11.8 Å². The van der Waals surface area contributed by atoms with Crippen LogP contribution >= 0.6 is 0 Å². The molecule has 0 aromatic heterocycles. The first kappa shape index (κ1) is 17.0. The summed E-state index contributed by atoms with van der Waals surface area (Å²) in [6.07, 6.45) is 0.0342. The number of amides is 1. The molecule has 0 bridgehead atoms. The van der Waals surface area contributed by atoms with Gasteiger partial charge in [-0.1, -0.05) is 30.3 Å². The Hall–Kier alpha value is -2.40. The van der Waals surface area contributed by atoms with Gasteiger partial charge in [0, 0.05) is 18.5 Å². The molecular formula is C18H21FN2O2. The van der Waals surface area contributed by atoms with Gasteiger partial charge < -0.3 is 15.8 Å². The molecule has 0 aliphatic rings. The standard InChI is InChI=1S/C18H21FN2O2/c1-12(2)23-14-8-9-17(15(19)10-14)21-18(22)11-16(20)13-6-4-3-5-7-13/h3-10,12,16H,11,20H2,1-2H3,(H,21,22). The summed E-state index contributed by atoms with van der Waals surface area (Å²) in [5.74, 6) is -0.445. The number of halogens is 1. The summed E-state index contributed by atoms with van der Waals surface area (Å²) in [7, 11) is 0. The van der Waals surface area contributed by atoms with Crippen LogP contribution in [0.2, 0.25) is 0 Å². The van der Waals surface area contributed by atoms with Gasteiger partial charge in [-0.25, -0.2) is 4.39 Å². The molecule has 0 aliphatic heterocycles. The van der Waals surface area contributed by atoms with Crippen molar-refractivity contribution in [3.8, 4) is 5.75 Å². The maximum Gasteiger partial charge on any atom is 0.226 e. The summed E-state index contributed by atoms with van der Waals surface area (Å²) in [4.78, 5) is 12.0. The molecule has 23 heavy (non-hydrogen) atoms. The van der Waals surface area contributed by atoms with E-state index in [2.05, 4.69) is 5.32 Å². The average molecular weight is 316 g/mol. The highest BCUT2D eigenvalue weighted by Crippen LogP contribution is 2.22. The maximum absolute atomic E-state index is 14.0. The van der Waals surface area contributed by atoms with E-state index in [0.29, 0.717) is 5.75 Å². The molecule has 2 rings (SSSR count). The first-order valence-electron chi connectivity index (χ1n) is 7.52. The van der Waals surface area contributed by atoms with Crippen LogP contribution in [0.5, 0.6) is 5.75 Å². The molecule has 0 radical (unpaired) electrons. The van der Waals surface area contributed by atoms with Gasteiger partial charge in [0.2, 0.25) is 5.91 Å². The summed E-state index contributed by atoms with van der Waals surface area (Å²) in [6.45, 7) is 3.72. The van der Waals surface area contributed by atoms with Crippen molar-refractivity contribution in [3.05, 3.63) is 59.9 Å². The molecule has 1 unspecified atom stereocenters. The molecule has 0 aliphatic carbocycles. The van der Waals surface area contributed by atoms with Gasteiger partial charge in [-0.2, -0.15) is 0 Å². The highest BCUT2D eigenvalue weighted by atomic mass is 19.1. The molecule has 0 saturated heterocycles. The Kier molecular flexibility index (Phi) is 5.71. The number of carbonyl (C=O) groups is 1. The number of nitrogens with one attached hydrogen (secondary N) is 1. The van der Waals surface area contributed by atoms with Gasteiger partial charge in [0.15, 0.2) is 0 Å². The quantitative estimate of drug-likeness (QED) is 0.855. The fraction of sp³-hybridized carbons (Fsp3) is 0.278. The van der Waals surface area contributed by atoms with Gasteiger partial charge in [-0.15, -0.1) is 0 Å². The fourth-order valence-electron chi connectivity index (χ4n) is 2.16. The number of hydrogen-bond acceptors (Lipinski definition) is 3. The Labute approximate surface area is 135 Å². The summed E-state index contributed by atoms with van der Waals surface area (Å²) >= 11 is 0. The zero-order chi connectivity index (χ0) is 16.8. The topological polar surface area (TPSA) is 64.3 Å². The lowest BCUT2D eigenvalue weighted by Gasteiger charge is -2.14. The molecule has 0 fully saturated rings. The third-order valence-electron chi connectivity index (χ3n) is 3.22. The van der Waals surface area contributed by atoms with Gasteiger partial charge >= 0.3 is 0 Å². The molecule has 2 aromatic rings. The van der Waals surface area contributed by atoms with Crippen LogP contribution in [0.15, 0.2) is 48.5 Å². The van der Waals surface area contributed by atoms with Crippen LogP contribution in [0.1, 0.15) is 31.9 Å². The number of anilines is 1.